The maximum absolute atomic E-state index is 9.03. The average Bonchev–Trinajstić information content (AvgIpc) is 2.37. The number of nitrogens with two attached hydrogens (primary N) is 1. The van der Waals surface area contributed by atoms with E-state index < -0.39 is 0 Å². The first kappa shape index (κ1) is 13.8. The Kier molecular flexibility index (Phi) is 5.76. The van der Waals surface area contributed by atoms with Crippen molar-refractivity contribution in [2.45, 2.75) is 6.54 Å². The van der Waals surface area contributed by atoms with E-state index in [4.69, 9.17) is 20.7 Å². The monoisotopic (exact) mass is 240 g/mol. The predicted molar refractivity (Wildman–Crippen MR) is 67.3 cm³/mol. The van der Waals surface area contributed by atoms with E-state index in [1.807, 2.05) is 23.1 Å². The van der Waals surface area contributed by atoms with Gasteiger partial charge in [-0.15, -0.1) is 0 Å². The maximum atomic E-state index is 9.03. The zero-order valence-corrected chi connectivity index (χ0v) is 10.1. The zero-order valence-electron chi connectivity index (χ0n) is 10.1. The zero-order chi connectivity index (χ0) is 12.7. The van der Waals surface area contributed by atoms with Gasteiger partial charge in [0, 0.05) is 31.4 Å². The van der Waals surface area contributed by atoms with Crippen LogP contribution in [0.15, 0.2) is 18.2 Å². The van der Waals surface area contributed by atoms with E-state index in [9.17, 15) is 0 Å². The molecule has 1 aromatic carbocycles. The Hall–Kier alpha value is -1.30. The number of aliphatic hydroxyl groups is 2. The molecule has 0 saturated heterocycles. The van der Waals surface area contributed by atoms with Crippen molar-refractivity contribution in [2.24, 2.45) is 5.73 Å². The molecule has 4 N–H and O–H groups in total. The summed E-state index contributed by atoms with van der Waals surface area (Å²) in [5, 5.41) is 18.1. The summed E-state index contributed by atoms with van der Waals surface area (Å²) >= 11 is 0. The lowest BCUT2D eigenvalue weighted by Gasteiger charge is -2.25. The minimum Gasteiger partial charge on any atom is -0.497 e. The van der Waals surface area contributed by atoms with Crippen molar-refractivity contribution in [2.75, 3.05) is 38.3 Å². The number of methoxy groups -OCH3 is 1. The molecule has 1 rings (SSSR count). The van der Waals surface area contributed by atoms with Crippen molar-refractivity contribution in [1.82, 2.24) is 0 Å². The largest absolute Gasteiger partial charge is 0.497 e. The molecule has 0 radical (unpaired) electrons. The molecule has 0 saturated carbocycles. The number of nitrogens with zero attached hydrogens (tertiary/aromatic N) is 1. The number of benzene rings is 1. The van der Waals surface area contributed by atoms with Gasteiger partial charge in [0.2, 0.25) is 0 Å². The highest BCUT2D eigenvalue weighted by atomic mass is 16.5. The Balaban J connectivity index is 3.04. The quantitative estimate of drug-likeness (QED) is 0.622. The Morgan fingerprint density at radius 3 is 2.35 bits per heavy atom. The van der Waals surface area contributed by atoms with Crippen LogP contribution in [0.3, 0.4) is 0 Å². The second-order valence-electron chi connectivity index (χ2n) is 3.63. The van der Waals surface area contributed by atoms with E-state index in [0.29, 0.717) is 19.6 Å². The standard InChI is InChI=1S/C12H20N2O3/c1-17-11-3-2-10(9-13)12(8-11)14(4-6-15)5-7-16/h2-3,8,15-16H,4-7,9,13H2,1H3. The van der Waals surface area contributed by atoms with E-state index >= 15 is 0 Å². The van der Waals surface area contributed by atoms with Crippen molar-refractivity contribution in [3.05, 3.63) is 23.8 Å². The Labute approximate surface area is 101 Å². The maximum Gasteiger partial charge on any atom is 0.120 e. The summed E-state index contributed by atoms with van der Waals surface area (Å²) in [6, 6.07) is 5.62. The molecule has 0 aromatic heterocycles. The predicted octanol–water partition coefficient (Wildman–Crippen LogP) is -0.0551. The molecule has 0 bridgehead atoms. The molecule has 0 aliphatic carbocycles. The van der Waals surface area contributed by atoms with E-state index in [2.05, 4.69) is 0 Å². The fourth-order valence-corrected chi connectivity index (χ4v) is 1.73. The fourth-order valence-electron chi connectivity index (χ4n) is 1.73. The lowest BCUT2D eigenvalue weighted by atomic mass is 10.1. The van der Waals surface area contributed by atoms with Gasteiger partial charge in [0.15, 0.2) is 0 Å². The smallest absolute Gasteiger partial charge is 0.120 e. The van der Waals surface area contributed by atoms with E-state index in [1.54, 1.807) is 7.11 Å². The van der Waals surface area contributed by atoms with E-state index in [0.717, 1.165) is 17.0 Å². The molecule has 1 aromatic rings. The molecule has 5 heteroatoms. The van der Waals surface area contributed by atoms with Crippen LogP contribution in [0.1, 0.15) is 5.56 Å². The average molecular weight is 240 g/mol. The Morgan fingerprint density at radius 2 is 1.88 bits per heavy atom. The highest BCUT2D eigenvalue weighted by Gasteiger charge is 2.11. The number of hydrogen-bond donors (Lipinski definition) is 3. The van der Waals surface area contributed by atoms with Gasteiger partial charge >= 0.3 is 0 Å². The number of hydrogen-bond acceptors (Lipinski definition) is 5. The van der Waals surface area contributed by atoms with Gasteiger partial charge in [-0.3, -0.25) is 0 Å². The lowest BCUT2D eigenvalue weighted by Crippen LogP contribution is -2.30. The van der Waals surface area contributed by atoms with Crippen LogP contribution in [0, 0.1) is 0 Å². The van der Waals surface area contributed by atoms with Gasteiger partial charge in [-0.1, -0.05) is 6.07 Å². The van der Waals surface area contributed by atoms with Gasteiger partial charge in [0.1, 0.15) is 5.75 Å². The molecule has 0 atom stereocenters. The van der Waals surface area contributed by atoms with Crippen molar-refractivity contribution in [3.8, 4) is 5.75 Å². The van der Waals surface area contributed by atoms with Gasteiger partial charge in [-0.25, -0.2) is 0 Å². The van der Waals surface area contributed by atoms with Crippen LogP contribution < -0.4 is 15.4 Å². The number of anilines is 1. The molecular weight excluding hydrogens is 220 g/mol. The van der Waals surface area contributed by atoms with Crippen LogP contribution in [0.2, 0.25) is 0 Å². The molecule has 0 amide bonds. The molecule has 5 nitrogen and oxygen atoms in total. The molecule has 0 aliphatic heterocycles. The summed E-state index contributed by atoms with van der Waals surface area (Å²) in [7, 11) is 1.60. The molecule has 0 spiro atoms. The van der Waals surface area contributed by atoms with Crippen LogP contribution in [-0.2, 0) is 6.54 Å². The van der Waals surface area contributed by atoms with Crippen LogP contribution in [-0.4, -0.2) is 43.6 Å². The third-order valence-electron chi connectivity index (χ3n) is 2.59. The molecule has 0 heterocycles. The normalized spacial score (nSPS) is 10.4. The van der Waals surface area contributed by atoms with Crippen molar-refractivity contribution in [3.63, 3.8) is 0 Å². The van der Waals surface area contributed by atoms with Crippen LogP contribution in [0.25, 0.3) is 0 Å². The second kappa shape index (κ2) is 7.11. The van der Waals surface area contributed by atoms with Gasteiger partial charge in [0.05, 0.1) is 20.3 Å². The summed E-state index contributed by atoms with van der Waals surface area (Å²) in [6.45, 7) is 1.39. The summed E-state index contributed by atoms with van der Waals surface area (Å²) in [6.07, 6.45) is 0. The number of ether oxygens (including phenoxy) is 1. The molecule has 0 fully saturated rings. The highest BCUT2D eigenvalue weighted by Crippen LogP contribution is 2.25. The minimum atomic E-state index is 0.0290. The van der Waals surface area contributed by atoms with Crippen molar-refractivity contribution >= 4 is 5.69 Å². The van der Waals surface area contributed by atoms with Gasteiger partial charge in [0.25, 0.3) is 0 Å². The van der Waals surface area contributed by atoms with Crippen LogP contribution >= 0.6 is 0 Å². The first-order valence-electron chi connectivity index (χ1n) is 5.60. The van der Waals surface area contributed by atoms with Gasteiger partial charge < -0.3 is 25.6 Å². The topological polar surface area (TPSA) is 79.0 Å². The van der Waals surface area contributed by atoms with Crippen molar-refractivity contribution in [1.29, 1.82) is 0 Å². The van der Waals surface area contributed by atoms with Crippen molar-refractivity contribution < 1.29 is 14.9 Å². The van der Waals surface area contributed by atoms with E-state index in [-0.39, 0.29) is 13.2 Å². The summed E-state index contributed by atoms with van der Waals surface area (Å²) < 4.78 is 5.17. The number of aliphatic hydroxyl groups excluding tert-OH is 2. The molecular formula is C12H20N2O3. The first-order valence-corrected chi connectivity index (χ1v) is 5.60. The van der Waals surface area contributed by atoms with Gasteiger partial charge in [-0.2, -0.15) is 0 Å². The lowest BCUT2D eigenvalue weighted by molar-refractivity contribution is 0.281. The third kappa shape index (κ3) is 3.59. The Bertz CT molecular complexity index is 339. The number of rotatable bonds is 7. The summed E-state index contributed by atoms with van der Waals surface area (Å²) in [4.78, 5) is 1.89. The fraction of sp³-hybridized carbons (Fsp3) is 0.500. The van der Waals surface area contributed by atoms with Crippen LogP contribution in [0.4, 0.5) is 5.69 Å². The molecule has 0 aliphatic rings. The summed E-state index contributed by atoms with van der Waals surface area (Å²) in [5.74, 6) is 0.734. The SMILES string of the molecule is COc1ccc(CN)c(N(CCO)CCO)c1. The third-order valence-corrected chi connectivity index (χ3v) is 2.59. The molecule has 96 valence electrons. The van der Waals surface area contributed by atoms with Crippen LogP contribution in [0.5, 0.6) is 5.75 Å². The van der Waals surface area contributed by atoms with Gasteiger partial charge in [-0.05, 0) is 11.6 Å². The highest BCUT2D eigenvalue weighted by molar-refractivity contribution is 5.57. The minimum absolute atomic E-state index is 0.0290. The second-order valence-corrected chi connectivity index (χ2v) is 3.63. The Morgan fingerprint density at radius 1 is 1.24 bits per heavy atom. The first-order chi connectivity index (χ1) is 8.26. The molecule has 0 unspecified atom stereocenters. The van der Waals surface area contributed by atoms with E-state index in [1.165, 1.54) is 0 Å². The molecule has 17 heavy (non-hydrogen) atoms. The summed E-state index contributed by atoms with van der Waals surface area (Å²) in [5.41, 5.74) is 7.54.